The number of carbonyl (C=O) groups excluding carboxylic acids is 1. The smallest absolute Gasteiger partial charge is 0.224 e. The summed E-state index contributed by atoms with van der Waals surface area (Å²) in [4.78, 5) is 14.6. The van der Waals surface area contributed by atoms with Gasteiger partial charge in [0.05, 0.1) is 27.4 Å². The molecular weight excluding hydrogens is 356 g/mol. The van der Waals surface area contributed by atoms with Crippen molar-refractivity contribution in [3.8, 4) is 11.5 Å². The minimum absolute atomic E-state index is 0.0274. The Morgan fingerprint density at radius 3 is 2.61 bits per heavy atom. The van der Waals surface area contributed by atoms with Crippen LogP contribution < -0.4 is 19.7 Å². The first-order valence-corrected chi connectivity index (χ1v) is 9.63. The molecule has 0 bridgehead atoms. The highest BCUT2D eigenvalue weighted by atomic mass is 16.5. The number of hydrogen-bond donors (Lipinski definition) is 1. The zero-order chi connectivity index (χ0) is 19.8. The number of anilines is 2. The number of rotatable bonds is 8. The first-order valence-electron chi connectivity index (χ1n) is 9.63. The quantitative estimate of drug-likeness (QED) is 0.755. The molecule has 0 aliphatic carbocycles. The van der Waals surface area contributed by atoms with Crippen LogP contribution >= 0.6 is 0 Å². The lowest BCUT2D eigenvalue weighted by molar-refractivity contribution is -0.116. The Morgan fingerprint density at radius 1 is 1.07 bits per heavy atom. The minimum atomic E-state index is 0.0274. The maximum absolute atomic E-state index is 12.3. The zero-order valence-corrected chi connectivity index (χ0v) is 16.6. The van der Waals surface area contributed by atoms with Gasteiger partial charge in [0.2, 0.25) is 5.91 Å². The van der Waals surface area contributed by atoms with E-state index in [1.807, 2.05) is 36.4 Å². The first kappa shape index (κ1) is 20.0. The minimum Gasteiger partial charge on any atom is -0.493 e. The van der Waals surface area contributed by atoms with Gasteiger partial charge in [0.15, 0.2) is 11.5 Å². The molecule has 0 atom stereocenters. The number of benzene rings is 2. The molecule has 28 heavy (non-hydrogen) atoms. The van der Waals surface area contributed by atoms with Gasteiger partial charge in [0.25, 0.3) is 0 Å². The van der Waals surface area contributed by atoms with Crippen LogP contribution in [0.4, 0.5) is 11.4 Å². The van der Waals surface area contributed by atoms with Crippen molar-refractivity contribution in [2.24, 2.45) is 0 Å². The molecule has 0 spiro atoms. The van der Waals surface area contributed by atoms with Gasteiger partial charge >= 0.3 is 0 Å². The van der Waals surface area contributed by atoms with E-state index in [1.165, 1.54) is 0 Å². The van der Waals surface area contributed by atoms with Gasteiger partial charge in [0, 0.05) is 30.9 Å². The summed E-state index contributed by atoms with van der Waals surface area (Å²) in [6, 6.07) is 13.9. The average Bonchev–Trinajstić information content (AvgIpc) is 2.74. The number of morpholine rings is 1. The van der Waals surface area contributed by atoms with Crippen molar-refractivity contribution in [1.29, 1.82) is 0 Å². The summed E-state index contributed by atoms with van der Waals surface area (Å²) >= 11 is 0. The van der Waals surface area contributed by atoms with Gasteiger partial charge in [-0.3, -0.25) is 4.79 Å². The van der Waals surface area contributed by atoms with E-state index < -0.39 is 0 Å². The van der Waals surface area contributed by atoms with Gasteiger partial charge < -0.3 is 24.4 Å². The molecule has 1 aliphatic rings. The average molecular weight is 384 g/mol. The maximum Gasteiger partial charge on any atom is 0.224 e. The van der Waals surface area contributed by atoms with Crippen LogP contribution in [0.5, 0.6) is 11.5 Å². The van der Waals surface area contributed by atoms with E-state index in [9.17, 15) is 4.79 Å². The standard InChI is InChI=1S/C22H28N2O4/c1-26-20-10-9-17(15-21(20)27-2)5-3-8-22(25)23-18-6-4-7-19(16-18)24-11-13-28-14-12-24/h4,6-7,9-10,15-16H,3,5,8,11-14H2,1-2H3,(H,23,25). The van der Waals surface area contributed by atoms with Crippen molar-refractivity contribution in [3.63, 3.8) is 0 Å². The molecule has 1 N–H and O–H groups in total. The van der Waals surface area contributed by atoms with Gasteiger partial charge in [-0.15, -0.1) is 0 Å². The van der Waals surface area contributed by atoms with Crippen molar-refractivity contribution in [3.05, 3.63) is 48.0 Å². The summed E-state index contributed by atoms with van der Waals surface area (Å²) in [5, 5.41) is 3.01. The molecule has 6 heteroatoms. The molecule has 0 unspecified atom stereocenters. The third kappa shape index (κ3) is 5.39. The fraction of sp³-hybridized carbons (Fsp3) is 0.409. The van der Waals surface area contributed by atoms with E-state index >= 15 is 0 Å². The van der Waals surface area contributed by atoms with E-state index in [0.717, 1.165) is 56.1 Å². The van der Waals surface area contributed by atoms with E-state index in [2.05, 4.69) is 16.3 Å². The van der Waals surface area contributed by atoms with Crippen molar-refractivity contribution in [2.45, 2.75) is 19.3 Å². The summed E-state index contributed by atoms with van der Waals surface area (Å²) in [6.07, 6.45) is 2.04. The van der Waals surface area contributed by atoms with Crippen molar-refractivity contribution < 1.29 is 19.0 Å². The Kier molecular flexibility index (Phi) is 7.14. The number of amides is 1. The second kappa shape index (κ2) is 9.99. The van der Waals surface area contributed by atoms with Crippen molar-refractivity contribution in [2.75, 3.05) is 50.7 Å². The molecule has 1 fully saturated rings. The number of nitrogens with zero attached hydrogens (tertiary/aromatic N) is 1. The fourth-order valence-electron chi connectivity index (χ4n) is 3.31. The lowest BCUT2D eigenvalue weighted by atomic mass is 10.1. The molecule has 1 amide bonds. The molecule has 0 radical (unpaired) electrons. The predicted molar refractivity (Wildman–Crippen MR) is 111 cm³/mol. The zero-order valence-electron chi connectivity index (χ0n) is 16.6. The molecule has 150 valence electrons. The number of carbonyl (C=O) groups is 1. The van der Waals surface area contributed by atoms with Crippen LogP contribution in [0.1, 0.15) is 18.4 Å². The lowest BCUT2D eigenvalue weighted by Crippen LogP contribution is -2.36. The number of methoxy groups -OCH3 is 2. The Hall–Kier alpha value is -2.73. The SMILES string of the molecule is COc1ccc(CCCC(=O)Nc2cccc(N3CCOCC3)c2)cc1OC. The van der Waals surface area contributed by atoms with Crippen LogP contribution in [0.25, 0.3) is 0 Å². The molecule has 6 nitrogen and oxygen atoms in total. The normalized spacial score (nSPS) is 13.9. The third-order valence-electron chi connectivity index (χ3n) is 4.82. The molecule has 3 rings (SSSR count). The molecule has 2 aromatic rings. The molecule has 0 saturated carbocycles. The van der Waals surface area contributed by atoms with Gasteiger partial charge in [0.1, 0.15) is 0 Å². The number of ether oxygens (including phenoxy) is 3. The second-order valence-corrected chi connectivity index (χ2v) is 6.74. The molecule has 1 heterocycles. The van der Waals surface area contributed by atoms with E-state index in [4.69, 9.17) is 14.2 Å². The molecule has 2 aromatic carbocycles. The fourth-order valence-corrected chi connectivity index (χ4v) is 3.31. The van der Waals surface area contributed by atoms with Gasteiger partial charge in [-0.1, -0.05) is 12.1 Å². The number of aryl methyl sites for hydroxylation is 1. The van der Waals surface area contributed by atoms with Crippen LogP contribution in [0.15, 0.2) is 42.5 Å². The van der Waals surface area contributed by atoms with Crippen LogP contribution in [0.2, 0.25) is 0 Å². The molecular formula is C22H28N2O4. The van der Waals surface area contributed by atoms with E-state index in [1.54, 1.807) is 14.2 Å². The Balaban J connectivity index is 1.49. The van der Waals surface area contributed by atoms with E-state index in [0.29, 0.717) is 17.9 Å². The highest BCUT2D eigenvalue weighted by Gasteiger charge is 2.12. The van der Waals surface area contributed by atoms with Crippen LogP contribution in [-0.4, -0.2) is 46.4 Å². The summed E-state index contributed by atoms with van der Waals surface area (Å²) in [7, 11) is 3.25. The predicted octanol–water partition coefficient (Wildman–Crippen LogP) is 3.50. The van der Waals surface area contributed by atoms with Gasteiger partial charge in [-0.05, 0) is 48.7 Å². The topological polar surface area (TPSA) is 60.0 Å². The third-order valence-corrected chi connectivity index (χ3v) is 4.82. The van der Waals surface area contributed by atoms with E-state index in [-0.39, 0.29) is 5.91 Å². The molecule has 1 aliphatic heterocycles. The highest BCUT2D eigenvalue weighted by molar-refractivity contribution is 5.91. The van der Waals surface area contributed by atoms with Crippen LogP contribution in [0, 0.1) is 0 Å². The summed E-state index contributed by atoms with van der Waals surface area (Å²) in [6.45, 7) is 3.24. The summed E-state index contributed by atoms with van der Waals surface area (Å²) < 4.78 is 16.0. The Bertz CT molecular complexity index is 788. The Labute approximate surface area is 166 Å². The monoisotopic (exact) mass is 384 g/mol. The lowest BCUT2D eigenvalue weighted by Gasteiger charge is -2.29. The number of hydrogen-bond acceptors (Lipinski definition) is 5. The maximum atomic E-state index is 12.3. The summed E-state index contributed by atoms with van der Waals surface area (Å²) in [5.41, 5.74) is 3.08. The Morgan fingerprint density at radius 2 is 1.86 bits per heavy atom. The summed E-state index contributed by atoms with van der Waals surface area (Å²) in [5.74, 6) is 1.45. The first-order chi connectivity index (χ1) is 13.7. The molecule has 0 aromatic heterocycles. The van der Waals surface area contributed by atoms with Crippen LogP contribution in [0.3, 0.4) is 0 Å². The second-order valence-electron chi connectivity index (χ2n) is 6.74. The van der Waals surface area contributed by atoms with Crippen molar-refractivity contribution >= 4 is 17.3 Å². The van der Waals surface area contributed by atoms with Crippen LogP contribution in [-0.2, 0) is 16.0 Å². The van der Waals surface area contributed by atoms with Gasteiger partial charge in [-0.25, -0.2) is 0 Å². The highest BCUT2D eigenvalue weighted by Crippen LogP contribution is 2.28. The van der Waals surface area contributed by atoms with Crippen molar-refractivity contribution in [1.82, 2.24) is 0 Å². The number of nitrogens with one attached hydrogen (secondary N) is 1. The molecule has 1 saturated heterocycles. The largest absolute Gasteiger partial charge is 0.493 e. The van der Waals surface area contributed by atoms with Gasteiger partial charge in [-0.2, -0.15) is 0 Å².